The van der Waals surface area contributed by atoms with Crippen LogP contribution in [-0.4, -0.2) is 17.8 Å². The summed E-state index contributed by atoms with van der Waals surface area (Å²) >= 11 is 0. The van der Waals surface area contributed by atoms with E-state index < -0.39 is 0 Å². The summed E-state index contributed by atoms with van der Waals surface area (Å²) < 4.78 is 0. The second kappa shape index (κ2) is 6.41. The van der Waals surface area contributed by atoms with Crippen LogP contribution in [0.5, 0.6) is 0 Å². The zero-order chi connectivity index (χ0) is 10.4. The van der Waals surface area contributed by atoms with Gasteiger partial charge in [-0.3, -0.25) is 0 Å². The van der Waals surface area contributed by atoms with Crippen molar-refractivity contribution in [3.8, 4) is 0 Å². The van der Waals surface area contributed by atoms with Crippen molar-refractivity contribution >= 4 is 0 Å². The van der Waals surface area contributed by atoms with Crippen molar-refractivity contribution in [2.45, 2.75) is 58.0 Å². The number of aliphatic hydroxyl groups is 1. The van der Waals surface area contributed by atoms with Crippen molar-refractivity contribution in [3.05, 3.63) is 0 Å². The van der Waals surface area contributed by atoms with Crippen LogP contribution < -0.4 is 5.73 Å². The summed E-state index contributed by atoms with van der Waals surface area (Å²) in [6.45, 7) is 2.62. The van der Waals surface area contributed by atoms with Crippen LogP contribution in [0.3, 0.4) is 0 Å². The lowest BCUT2D eigenvalue weighted by Gasteiger charge is -2.25. The molecule has 2 heteroatoms. The Kier molecular flexibility index (Phi) is 5.49. The summed E-state index contributed by atoms with van der Waals surface area (Å²) in [6, 6.07) is 0. The van der Waals surface area contributed by atoms with E-state index in [1.54, 1.807) is 0 Å². The first-order chi connectivity index (χ1) is 6.74. The van der Waals surface area contributed by atoms with E-state index >= 15 is 0 Å². The van der Waals surface area contributed by atoms with Crippen LogP contribution in [0, 0.1) is 11.8 Å². The fourth-order valence-electron chi connectivity index (χ4n) is 2.70. The minimum atomic E-state index is -0.188. The summed E-state index contributed by atoms with van der Waals surface area (Å²) in [5.74, 6) is 1.32. The van der Waals surface area contributed by atoms with Crippen LogP contribution in [0.25, 0.3) is 0 Å². The Morgan fingerprint density at radius 3 is 2.21 bits per heavy atom. The maximum absolute atomic E-state index is 9.40. The van der Waals surface area contributed by atoms with Crippen LogP contribution in [0.2, 0.25) is 0 Å². The number of nitrogens with two attached hydrogens (primary N) is 1. The molecule has 1 saturated carbocycles. The minimum absolute atomic E-state index is 0.188. The highest BCUT2D eigenvalue weighted by molar-refractivity contribution is 4.75. The average Bonchev–Trinajstić information content (AvgIpc) is 2.41. The lowest BCUT2D eigenvalue weighted by Crippen LogP contribution is -2.26. The lowest BCUT2D eigenvalue weighted by molar-refractivity contribution is 0.137. The molecule has 0 saturated heterocycles. The van der Waals surface area contributed by atoms with Gasteiger partial charge in [0.1, 0.15) is 0 Å². The molecule has 1 aliphatic rings. The molecule has 0 bridgehead atoms. The third kappa shape index (κ3) is 3.97. The quantitative estimate of drug-likeness (QED) is 0.682. The predicted molar refractivity (Wildman–Crippen MR) is 60.0 cm³/mol. The van der Waals surface area contributed by atoms with Crippen molar-refractivity contribution in [2.75, 3.05) is 6.54 Å². The summed E-state index contributed by atoms with van der Waals surface area (Å²) in [5.41, 5.74) is 5.79. The SMILES string of the molecule is CC(O)CC(CN)C1CCCCCC1. The van der Waals surface area contributed by atoms with E-state index in [0.717, 1.165) is 18.9 Å². The summed E-state index contributed by atoms with van der Waals surface area (Å²) in [7, 11) is 0. The molecule has 0 heterocycles. The Bertz CT molecular complexity index is 139. The Hall–Kier alpha value is -0.0800. The highest BCUT2D eigenvalue weighted by Gasteiger charge is 2.22. The van der Waals surface area contributed by atoms with Gasteiger partial charge in [0, 0.05) is 0 Å². The largest absolute Gasteiger partial charge is 0.393 e. The molecule has 0 aromatic heterocycles. The number of rotatable bonds is 4. The van der Waals surface area contributed by atoms with Crippen molar-refractivity contribution in [1.29, 1.82) is 0 Å². The van der Waals surface area contributed by atoms with Gasteiger partial charge in [-0.05, 0) is 31.7 Å². The Labute approximate surface area is 87.9 Å². The second-order valence-electron chi connectivity index (χ2n) is 4.83. The molecule has 84 valence electrons. The van der Waals surface area contributed by atoms with Crippen LogP contribution in [0.4, 0.5) is 0 Å². The van der Waals surface area contributed by atoms with Gasteiger partial charge in [0.15, 0.2) is 0 Å². The summed E-state index contributed by atoms with van der Waals surface area (Å²) in [6.07, 6.45) is 8.86. The molecule has 0 spiro atoms. The average molecular weight is 199 g/mol. The van der Waals surface area contributed by atoms with E-state index in [-0.39, 0.29) is 6.10 Å². The van der Waals surface area contributed by atoms with Crippen molar-refractivity contribution in [2.24, 2.45) is 17.6 Å². The standard InChI is InChI=1S/C12H25NO/c1-10(14)8-12(9-13)11-6-4-2-3-5-7-11/h10-12,14H,2-9,13H2,1H3. The van der Waals surface area contributed by atoms with Gasteiger partial charge >= 0.3 is 0 Å². The van der Waals surface area contributed by atoms with Crippen LogP contribution >= 0.6 is 0 Å². The maximum Gasteiger partial charge on any atom is 0.0515 e. The molecular formula is C12H25NO. The van der Waals surface area contributed by atoms with E-state index in [2.05, 4.69) is 0 Å². The van der Waals surface area contributed by atoms with Gasteiger partial charge in [-0.2, -0.15) is 0 Å². The predicted octanol–water partition coefficient (Wildman–Crippen LogP) is 2.30. The molecule has 0 radical (unpaired) electrons. The topological polar surface area (TPSA) is 46.2 Å². The molecule has 1 rings (SSSR count). The Morgan fingerprint density at radius 2 is 1.79 bits per heavy atom. The Balaban J connectivity index is 2.40. The van der Waals surface area contributed by atoms with Gasteiger partial charge in [0.05, 0.1) is 6.10 Å². The molecule has 0 aromatic carbocycles. The van der Waals surface area contributed by atoms with Crippen molar-refractivity contribution < 1.29 is 5.11 Å². The molecule has 0 amide bonds. The molecule has 3 N–H and O–H groups in total. The molecule has 1 aliphatic carbocycles. The van der Waals surface area contributed by atoms with E-state index in [0.29, 0.717) is 5.92 Å². The number of hydrogen-bond acceptors (Lipinski definition) is 2. The number of hydrogen-bond donors (Lipinski definition) is 2. The van der Waals surface area contributed by atoms with Crippen molar-refractivity contribution in [1.82, 2.24) is 0 Å². The molecule has 0 aliphatic heterocycles. The molecule has 2 atom stereocenters. The number of aliphatic hydroxyl groups excluding tert-OH is 1. The monoisotopic (exact) mass is 199 g/mol. The van der Waals surface area contributed by atoms with E-state index in [4.69, 9.17) is 5.73 Å². The minimum Gasteiger partial charge on any atom is -0.393 e. The van der Waals surface area contributed by atoms with E-state index in [1.165, 1.54) is 38.5 Å². The molecule has 2 unspecified atom stereocenters. The first-order valence-corrected chi connectivity index (χ1v) is 6.12. The van der Waals surface area contributed by atoms with Gasteiger partial charge in [-0.1, -0.05) is 38.5 Å². The Morgan fingerprint density at radius 1 is 1.21 bits per heavy atom. The first-order valence-electron chi connectivity index (χ1n) is 6.12. The summed E-state index contributed by atoms with van der Waals surface area (Å²) in [4.78, 5) is 0. The van der Waals surface area contributed by atoms with Crippen LogP contribution in [-0.2, 0) is 0 Å². The van der Waals surface area contributed by atoms with Gasteiger partial charge in [0.2, 0.25) is 0 Å². The van der Waals surface area contributed by atoms with Crippen LogP contribution in [0.15, 0.2) is 0 Å². The van der Waals surface area contributed by atoms with Crippen LogP contribution in [0.1, 0.15) is 51.9 Å². The molecule has 14 heavy (non-hydrogen) atoms. The van der Waals surface area contributed by atoms with Gasteiger partial charge < -0.3 is 10.8 Å². The fraction of sp³-hybridized carbons (Fsp3) is 1.00. The van der Waals surface area contributed by atoms with Crippen molar-refractivity contribution in [3.63, 3.8) is 0 Å². The highest BCUT2D eigenvalue weighted by Crippen LogP contribution is 2.30. The van der Waals surface area contributed by atoms with Gasteiger partial charge in [-0.15, -0.1) is 0 Å². The second-order valence-corrected chi connectivity index (χ2v) is 4.83. The molecular weight excluding hydrogens is 174 g/mol. The summed E-state index contributed by atoms with van der Waals surface area (Å²) in [5, 5.41) is 9.40. The van der Waals surface area contributed by atoms with E-state index in [1.807, 2.05) is 6.92 Å². The highest BCUT2D eigenvalue weighted by atomic mass is 16.3. The zero-order valence-corrected chi connectivity index (χ0v) is 9.41. The first kappa shape index (κ1) is 12.0. The molecule has 2 nitrogen and oxygen atoms in total. The lowest BCUT2D eigenvalue weighted by atomic mass is 9.83. The zero-order valence-electron chi connectivity index (χ0n) is 9.41. The van der Waals surface area contributed by atoms with Gasteiger partial charge in [-0.25, -0.2) is 0 Å². The molecule has 1 fully saturated rings. The van der Waals surface area contributed by atoms with Gasteiger partial charge in [0.25, 0.3) is 0 Å². The third-order valence-electron chi connectivity index (χ3n) is 3.51. The third-order valence-corrected chi connectivity index (χ3v) is 3.51. The fourth-order valence-corrected chi connectivity index (χ4v) is 2.70. The smallest absolute Gasteiger partial charge is 0.0515 e. The molecule has 0 aromatic rings. The normalized spacial score (nSPS) is 24.2. The van der Waals surface area contributed by atoms with E-state index in [9.17, 15) is 5.11 Å². The maximum atomic E-state index is 9.40.